The second kappa shape index (κ2) is 3.85. The topological polar surface area (TPSA) is 24.9 Å². The van der Waals surface area contributed by atoms with Gasteiger partial charge in [-0.3, -0.25) is 4.98 Å². The Morgan fingerprint density at radius 1 is 1.38 bits per heavy atom. The van der Waals surface area contributed by atoms with E-state index in [1.54, 1.807) is 0 Å². The van der Waals surface area contributed by atoms with Crippen LogP contribution in [-0.2, 0) is 5.41 Å². The Bertz CT molecular complexity index is 353. The molecule has 0 saturated heterocycles. The van der Waals surface area contributed by atoms with Crippen LogP contribution in [0.25, 0.3) is 0 Å². The molecule has 1 aromatic rings. The molecule has 1 aliphatic carbocycles. The maximum Gasteiger partial charge on any atom is 0.0270 e. The standard InChI is InChI=1S/C14H22N2/c1-13(2,3)16-10-12-9-14(12,4)11-5-7-15-8-6-11/h5-8,12,16H,9-10H2,1-4H3. The predicted octanol–water partition coefficient (Wildman–Crippen LogP) is 2.75. The number of pyridine rings is 1. The van der Waals surface area contributed by atoms with Crippen LogP contribution >= 0.6 is 0 Å². The Kier molecular flexibility index (Phi) is 2.79. The maximum atomic E-state index is 4.08. The van der Waals surface area contributed by atoms with Gasteiger partial charge in [-0.2, -0.15) is 0 Å². The second-order valence-electron chi connectivity index (χ2n) is 6.19. The molecule has 1 saturated carbocycles. The summed E-state index contributed by atoms with van der Waals surface area (Å²) in [4.78, 5) is 4.08. The zero-order valence-electron chi connectivity index (χ0n) is 10.7. The summed E-state index contributed by atoms with van der Waals surface area (Å²) in [5.41, 5.74) is 2.03. The summed E-state index contributed by atoms with van der Waals surface area (Å²) in [7, 11) is 0. The lowest BCUT2D eigenvalue weighted by atomic mass is 9.96. The first-order chi connectivity index (χ1) is 7.42. The van der Waals surface area contributed by atoms with Gasteiger partial charge in [-0.25, -0.2) is 0 Å². The number of nitrogens with one attached hydrogen (secondary N) is 1. The average molecular weight is 218 g/mol. The molecule has 0 amide bonds. The van der Waals surface area contributed by atoms with E-state index >= 15 is 0 Å². The molecule has 1 N–H and O–H groups in total. The van der Waals surface area contributed by atoms with Crippen molar-refractivity contribution in [3.63, 3.8) is 0 Å². The van der Waals surface area contributed by atoms with Gasteiger partial charge in [-0.1, -0.05) is 6.92 Å². The van der Waals surface area contributed by atoms with Gasteiger partial charge in [0.25, 0.3) is 0 Å². The van der Waals surface area contributed by atoms with Gasteiger partial charge in [0.05, 0.1) is 0 Å². The molecule has 0 radical (unpaired) electrons. The first kappa shape index (κ1) is 11.6. The van der Waals surface area contributed by atoms with Crippen molar-refractivity contribution in [3.05, 3.63) is 30.1 Å². The Morgan fingerprint density at radius 3 is 2.56 bits per heavy atom. The molecule has 2 heteroatoms. The number of hydrogen-bond donors (Lipinski definition) is 1. The molecule has 1 fully saturated rings. The van der Waals surface area contributed by atoms with Gasteiger partial charge in [0.15, 0.2) is 0 Å². The van der Waals surface area contributed by atoms with E-state index < -0.39 is 0 Å². The normalized spacial score (nSPS) is 29.1. The Hall–Kier alpha value is -0.890. The van der Waals surface area contributed by atoms with E-state index in [-0.39, 0.29) is 5.54 Å². The van der Waals surface area contributed by atoms with Gasteiger partial charge in [0, 0.05) is 17.9 Å². The molecule has 0 aromatic carbocycles. The summed E-state index contributed by atoms with van der Waals surface area (Å²) in [6, 6.07) is 4.30. The van der Waals surface area contributed by atoms with Crippen molar-refractivity contribution in [1.29, 1.82) is 0 Å². The molecule has 2 atom stereocenters. The molecule has 2 nitrogen and oxygen atoms in total. The van der Waals surface area contributed by atoms with Crippen molar-refractivity contribution in [2.45, 2.75) is 45.1 Å². The Morgan fingerprint density at radius 2 is 2.00 bits per heavy atom. The van der Waals surface area contributed by atoms with E-state index in [0.29, 0.717) is 5.41 Å². The summed E-state index contributed by atoms with van der Waals surface area (Å²) in [5.74, 6) is 0.772. The zero-order valence-corrected chi connectivity index (χ0v) is 10.7. The molecular weight excluding hydrogens is 196 g/mol. The maximum absolute atomic E-state index is 4.08. The third-order valence-electron chi connectivity index (χ3n) is 3.63. The van der Waals surface area contributed by atoms with Crippen molar-refractivity contribution < 1.29 is 0 Å². The lowest BCUT2D eigenvalue weighted by Gasteiger charge is -2.21. The number of rotatable bonds is 3. The van der Waals surface area contributed by atoms with E-state index in [9.17, 15) is 0 Å². The third-order valence-corrected chi connectivity index (χ3v) is 3.63. The monoisotopic (exact) mass is 218 g/mol. The predicted molar refractivity (Wildman–Crippen MR) is 67.5 cm³/mol. The highest BCUT2D eigenvalue weighted by molar-refractivity contribution is 5.30. The summed E-state index contributed by atoms with van der Waals surface area (Å²) in [6.45, 7) is 10.1. The third kappa shape index (κ3) is 2.43. The van der Waals surface area contributed by atoms with Crippen LogP contribution in [-0.4, -0.2) is 17.1 Å². The molecule has 0 bridgehead atoms. The molecule has 1 aromatic heterocycles. The van der Waals surface area contributed by atoms with E-state index in [4.69, 9.17) is 0 Å². The van der Waals surface area contributed by atoms with Crippen LogP contribution in [0.3, 0.4) is 0 Å². The fraction of sp³-hybridized carbons (Fsp3) is 0.643. The SMILES string of the molecule is CC(C)(C)NCC1CC1(C)c1ccncc1. The van der Waals surface area contributed by atoms with Crippen molar-refractivity contribution in [3.8, 4) is 0 Å². The number of hydrogen-bond acceptors (Lipinski definition) is 2. The van der Waals surface area contributed by atoms with E-state index in [1.165, 1.54) is 12.0 Å². The van der Waals surface area contributed by atoms with Gasteiger partial charge in [-0.15, -0.1) is 0 Å². The minimum atomic E-state index is 0.224. The molecule has 88 valence electrons. The van der Waals surface area contributed by atoms with Crippen LogP contribution in [0.15, 0.2) is 24.5 Å². The van der Waals surface area contributed by atoms with Crippen LogP contribution in [0, 0.1) is 5.92 Å². The highest BCUT2D eigenvalue weighted by atomic mass is 15.0. The largest absolute Gasteiger partial charge is 0.312 e. The van der Waals surface area contributed by atoms with Gasteiger partial charge in [0.2, 0.25) is 0 Å². The van der Waals surface area contributed by atoms with Crippen LogP contribution < -0.4 is 5.32 Å². The first-order valence-corrected chi connectivity index (χ1v) is 6.07. The lowest BCUT2D eigenvalue weighted by molar-refractivity contribution is 0.406. The van der Waals surface area contributed by atoms with Gasteiger partial charge < -0.3 is 5.32 Å². The van der Waals surface area contributed by atoms with Gasteiger partial charge in [-0.05, 0) is 62.8 Å². The average Bonchev–Trinajstić information content (AvgIpc) is 2.89. The summed E-state index contributed by atoms with van der Waals surface area (Å²) in [5, 5.41) is 3.59. The molecule has 0 aliphatic heterocycles. The molecule has 1 heterocycles. The van der Waals surface area contributed by atoms with Crippen LogP contribution in [0.2, 0.25) is 0 Å². The summed E-state index contributed by atoms with van der Waals surface area (Å²) in [6.07, 6.45) is 5.08. The quantitative estimate of drug-likeness (QED) is 0.844. The van der Waals surface area contributed by atoms with Crippen LogP contribution in [0.4, 0.5) is 0 Å². The van der Waals surface area contributed by atoms with Crippen molar-refractivity contribution in [1.82, 2.24) is 10.3 Å². The van der Waals surface area contributed by atoms with Gasteiger partial charge >= 0.3 is 0 Å². The molecule has 1 aliphatic rings. The number of aromatic nitrogens is 1. The van der Waals surface area contributed by atoms with Crippen molar-refractivity contribution in [2.75, 3.05) is 6.54 Å². The summed E-state index contributed by atoms with van der Waals surface area (Å²) >= 11 is 0. The molecule has 16 heavy (non-hydrogen) atoms. The Labute approximate surface area is 98.5 Å². The summed E-state index contributed by atoms with van der Waals surface area (Å²) < 4.78 is 0. The highest BCUT2D eigenvalue weighted by Crippen LogP contribution is 2.53. The second-order valence-corrected chi connectivity index (χ2v) is 6.19. The molecule has 2 unspecified atom stereocenters. The van der Waals surface area contributed by atoms with Crippen LogP contribution in [0.5, 0.6) is 0 Å². The minimum Gasteiger partial charge on any atom is -0.312 e. The number of nitrogens with zero attached hydrogens (tertiary/aromatic N) is 1. The minimum absolute atomic E-state index is 0.224. The lowest BCUT2D eigenvalue weighted by Crippen LogP contribution is -2.37. The smallest absolute Gasteiger partial charge is 0.0270 e. The van der Waals surface area contributed by atoms with Crippen molar-refractivity contribution in [2.24, 2.45) is 5.92 Å². The van der Waals surface area contributed by atoms with Crippen LogP contribution in [0.1, 0.15) is 39.7 Å². The Balaban J connectivity index is 1.95. The molecule has 0 spiro atoms. The van der Waals surface area contributed by atoms with E-state index in [2.05, 4.69) is 50.1 Å². The zero-order chi connectivity index (χ0) is 11.8. The van der Waals surface area contributed by atoms with E-state index in [1.807, 2.05) is 12.4 Å². The van der Waals surface area contributed by atoms with Gasteiger partial charge in [0.1, 0.15) is 0 Å². The molecule has 2 rings (SSSR count). The van der Waals surface area contributed by atoms with Crippen molar-refractivity contribution >= 4 is 0 Å². The first-order valence-electron chi connectivity index (χ1n) is 6.07. The fourth-order valence-electron chi connectivity index (χ4n) is 2.27. The fourth-order valence-corrected chi connectivity index (χ4v) is 2.27. The molecular formula is C14H22N2. The highest BCUT2D eigenvalue weighted by Gasteiger charge is 2.50. The van der Waals surface area contributed by atoms with E-state index in [0.717, 1.165) is 12.5 Å².